The molecule has 1 saturated heterocycles. The molecule has 2 amide bonds. The van der Waals surface area contributed by atoms with E-state index in [1.54, 1.807) is 6.07 Å². The smallest absolute Gasteiger partial charge is 0.317 e. The van der Waals surface area contributed by atoms with E-state index >= 15 is 0 Å². The first-order valence-corrected chi connectivity index (χ1v) is 9.67. The number of hydrogen-bond acceptors (Lipinski definition) is 3. The van der Waals surface area contributed by atoms with Gasteiger partial charge in [0.05, 0.1) is 5.75 Å². The van der Waals surface area contributed by atoms with E-state index < -0.39 is 10.0 Å². The van der Waals surface area contributed by atoms with Gasteiger partial charge in [-0.1, -0.05) is 37.1 Å². The fourth-order valence-corrected chi connectivity index (χ4v) is 3.45. The van der Waals surface area contributed by atoms with Crippen LogP contribution in [0.1, 0.15) is 36.8 Å². The van der Waals surface area contributed by atoms with E-state index in [1.807, 2.05) is 23.1 Å². The van der Waals surface area contributed by atoms with Gasteiger partial charge in [0, 0.05) is 19.6 Å². The number of rotatable bonds is 5. The number of nitrogens with zero attached hydrogens (tertiary/aromatic N) is 1. The van der Waals surface area contributed by atoms with Gasteiger partial charge in [-0.05, 0) is 31.0 Å². The monoisotopic (exact) mass is 339 g/mol. The van der Waals surface area contributed by atoms with Crippen molar-refractivity contribution in [1.29, 1.82) is 0 Å². The third-order valence-electron chi connectivity index (χ3n) is 4.00. The van der Waals surface area contributed by atoms with Gasteiger partial charge < -0.3 is 10.2 Å². The van der Waals surface area contributed by atoms with Crippen molar-refractivity contribution in [2.75, 3.05) is 20.1 Å². The Morgan fingerprint density at radius 1 is 1.13 bits per heavy atom. The SMILES string of the molecule is CNS(=O)(=O)Cc1cccc(CNC(=O)N2CCCCCC2)c1. The molecule has 23 heavy (non-hydrogen) atoms. The summed E-state index contributed by atoms with van der Waals surface area (Å²) >= 11 is 0. The second-order valence-electron chi connectivity index (χ2n) is 5.84. The zero-order chi connectivity index (χ0) is 16.7. The van der Waals surface area contributed by atoms with Crippen LogP contribution in [0.2, 0.25) is 0 Å². The van der Waals surface area contributed by atoms with E-state index in [0.29, 0.717) is 12.1 Å². The van der Waals surface area contributed by atoms with E-state index in [9.17, 15) is 13.2 Å². The summed E-state index contributed by atoms with van der Waals surface area (Å²) in [4.78, 5) is 14.1. The summed E-state index contributed by atoms with van der Waals surface area (Å²) in [5.41, 5.74) is 1.61. The van der Waals surface area contributed by atoms with Gasteiger partial charge in [0.15, 0.2) is 0 Å². The molecule has 2 N–H and O–H groups in total. The topological polar surface area (TPSA) is 78.5 Å². The number of hydrogen-bond donors (Lipinski definition) is 2. The average molecular weight is 339 g/mol. The van der Waals surface area contributed by atoms with Crippen molar-refractivity contribution in [3.63, 3.8) is 0 Å². The van der Waals surface area contributed by atoms with E-state index in [-0.39, 0.29) is 11.8 Å². The molecule has 0 aromatic heterocycles. The molecule has 1 aromatic carbocycles. The molecule has 2 rings (SSSR count). The van der Waals surface area contributed by atoms with Crippen LogP contribution in [0, 0.1) is 0 Å². The summed E-state index contributed by atoms with van der Waals surface area (Å²) < 4.78 is 25.5. The molecule has 1 aromatic rings. The highest BCUT2D eigenvalue weighted by Crippen LogP contribution is 2.11. The summed E-state index contributed by atoms with van der Waals surface area (Å²) in [5.74, 6) is -0.0581. The lowest BCUT2D eigenvalue weighted by Crippen LogP contribution is -2.40. The summed E-state index contributed by atoms with van der Waals surface area (Å²) in [7, 11) is -1.88. The third-order valence-corrected chi connectivity index (χ3v) is 5.33. The van der Waals surface area contributed by atoms with Crippen LogP contribution < -0.4 is 10.0 Å². The fourth-order valence-electron chi connectivity index (χ4n) is 2.68. The lowest BCUT2D eigenvalue weighted by Gasteiger charge is -2.20. The van der Waals surface area contributed by atoms with Crippen LogP contribution in [-0.2, 0) is 22.3 Å². The molecule has 6 nitrogen and oxygen atoms in total. The number of sulfonamides is 1. The molecule has 0 aliphatic carbocycles. The van der Waals surface area contributed by atoms with Gasteiger partial charge in [-0.25, -0.2) is 17.9 Å². The van der Waals surface area contributed by atoms with E-state index in [0.717, 1.165) is 31.5 Å². The summed E-state index contributed by atoms with van der Waals surface area (Å²) in [5, 5.41) is 2.92. The molecule has 1 heterocycles. The third kappa shape index (κ3) is 5.84. The number of amides is 2. The van der Waals surface area contributed by atoms with Gasteiger partial charge in [0.1, 0.15) is 0 Å². The fraction of sp³-hybridized carbons (Fsp3) is 0.562. The van der Waals surface area contributed by atoms with Crippen molar-refractivity contribution in [1.82, 2.24) is 14.9 Å². The molecule has 1 aliphatic rings. The molecule has 128 valence electrons. The van der Waals surface area contributed by atoms with Crippen LogP contribution in [-0.4, -0.2) is 39.5 Å². The molecular formula is C16H25N3O3S. The Morgan fingerprint density at radius 3 is 2.43 bits per heavy atom. The molecular weight excluding hydrogens is 314 g/mol. The van der Waals surface area contributed by atoms with Crippen LogP contribution in [0.3, 0.4) is 0 Å². The molecule has 1 fully saturated rings. The molecule has 0 spiro atoms. The predicted molar refractivity (Wildman–Crippen MR) is 90.4 cm³/mol. The van der Waals surface area contributed by atoms with Crippen LogP contribution >= 0.6 is 0 Å². The Labute approximate surface area is 138 Å². The molecule has 1 aliphatic heterocycles. The molecule has 7 heteroatoms. The van der Waals surface area contributed by atoms with Gasteiger partial charge in [-0.15, -0.1) is 0 Å². The molecule has 0 unspecified atom stereocenters. The Kier molecular flexibility index (Phi) is 6.41. The minimum atomic E-state index is -3.29. The standard InChI is InChI=1S/C16H25N3O3S/c1-17-23(21,22)13-15-8-6-7-14(11-15)12-18-16(20)19-9-4-2-3-5-10-19/h6-8,11,17H,2-5,9-10,12-13H2,1H3,(H,18,20). The summed E-state index contributed by atoms with van der Waals surface area (Å²) in [6, 6.07) is 7.25. The average Bonchev–Trinajstić information content (AvgIpc) is 2.82. The molecule has 0 atom stereocenters. The first kappa shape index (κ1) is 17.7. The van der Waals surface area contributed by atoms with Gasteiger partial charge in [-0.2, -0.15) is 0 Å². The number of carbonyl (C=O) groups is 1. The normalized spacial score (nSPS) is 16.0. The molecule has 0 radical (unpaired) electrons. The first-order valence-electron chi connectivity index (χ1n) is 8.02. The van der Waals surface area contributed by atoms with Crippen LogP contribution in [0.15, 0.2) is 24.3 Å². The zero-order valence-electron chi connectivity index (χ0n) is 13.5. The molecule has 0 saturated carbocycles. The maximum absolute atomic E-state index is 12.2. The number of likely N-dealkylation sites (tertiary alicyclic amines) is 1. The van der Waals surface area contributed by atoms with Gasteiger partial charge in [0.2, 0.25) is 10.0 Å². The van der Waals surface area contributed by atoms with Crippen molar-refractivity contribution in [2.24, 2.45) is 0 Å². The molecule has 0 bridgehead atoms. The number of benzene rings is 1. The number of carbonyl (C=O) groups excluding carboxylic acids is 1. The lowest BCUT2D eigenvalue weighted by atomic mass is 10.1. The number of nitrogens with one attached hydrogen (secondary N) is 2. The Bertz CT molecular complexity index is 623. The summed E-state index contributed by atoms with van der Waals surface area (Å²) in [6.07, 6.45) is 4.49. The van der Waals surface area contributed by atoms with Crippen molar-refractivity contribution in [2.45, 2.75) is 38.0 Å². The van der Waals surface area contributed by atoms with Crippen molar-refractivity contribution in [3.05, 3.63) is 35.4 Å². The van der Waals surface area contributed by atoms with E-state index in [1.165, 1.54) is 19.9 Å². The highest BCUT2D eigenvalue weighted by Gasteiger charge is 2.15. The maximum atomic E-state index is 12.2. The van der Waals surface area contributed by atoms with Crippen molar-refractivity contribution >= 4 is 16.1 Å². The quantitative estimate of drug-likeness (QED) is 0.859. The van der Waals surface area contributed by atoms with Crippen LogP contribution in [0.5, 0.6) is 0 Å². The first-order chi connectivity index (χ1) is 11.0. The minimum absolute atomic E-state index is 0.0415. The van der Waals surface area contributed by atoms with Gasteiger partial charge >= 0.3 is 6.03 Å². The van der Waals surface area contributed by atoms with Crippen molar-refractivity contribution in [3.8, 4) is 0 Å². The zero-order valence-corrected chi connectivity index (χ0v) is 14.4. The number of urea groups is 1. The van der Waals surface area contributed by atoms with Crippen LogP contribution in [0.4, 0.5) is 4.79 Å². The summed E-state index contributed by atoms with van der Waals surface area (Å²) in [6.45, 7) is 2.03. The van der Waals surface area contributed by atoms with Gasteiger partial charge in [-0.3, -0.25) is 0 Å². The van der Waals surface area contributed by atoms with Crippen molar-refractivity contribution < 1.29 is 13.2 Å². The minimum Gasteiger partial charge on any atom is -0.334 e. The predicted octanol–water partition coefficient (Wildman–Crippen LogP) is 1.82. The Hall–Kier alpha value is -1.60. The van der Waals surface area contributed by atoms with E-state index in [2.05, 4.69) is 10.0 Å². The Morgan fingerprint density at radius 2 is 1.78 bits per heavy atom. The highest BCUT2D eigenvalue weighted by molar-refractivity contribution is 7.88. The van der Waals surface area contributed by atoms with E-state index in [4.69, 9.17) is 0 Å². The Balaban J connectivity index is 1.91. The second-order valence-corrected chi connectivity index (χ2v) is 7.77. The lowest BCUT2D eigenvalue weighted by molar-refractivity contribution is 0.199. The highest BCUT2D eigenvalue weighted by atomic mass is 32.2. The van der Waals surface area contributed by atoms with Crippen LogP contribution in [0.25, 0.3) is 0 Å². The largest absolute Gasteiger partial charge is 0.334 e. The van der Waals surface area contributed by atoms with Gasteiger partial charge in [0.25, 0.3) is 0 Å². The maximum Gasteiger partial charge on any atom is 0.317 e. The second kappa shape index (κ2) is 8.31.